The molecule has 0 heterocycles. The van der Waals surface area contributed by atoms with Crippen molar-refractivity contribution >= 4 is 23.9 Å². The third kappa shape index (κ3) is 4.27. The van der Waals surface area contributed by atoms with Crippen molar-refractivity contribution in [3.05, 3.63) is 75.9 Å². The lowest BCUT2D eigenvalue weighted by molar-refractivity contribution is -0.385. The SMILES string of the molecule is Cc1c(C)c(C)c([N+](=O)[O-])c(C=O)c1C.Cc1c(C)c(C)c([N+](=O)[O-])c(C=O)c1C. The summed E-state index contributed by atoms with van der Waals surface area (Å²) in [6, 6.07) is 0. The first-order chi connectivity index (χ1) is 13.8. The standard InChI is InChI=1S/2C11H13NO3/c2*1-6-7(2)9(4)11(12(14)15)10(5-13)8(6)3/h2*5H,1-4H3. The number of hydrogen-bond acceptors (Lipinski definition) is 6. The largest absolute Gasteiger partial charge is 0.298 e. The van der Waals surface area contributed by atoms with Gasteiger partial charge in [-0.2, -0.15) is 0 Å². The maximum absolute atomic E-state index is 10.9. The van der Waals surface area contributed by atoms with E-state index >= 15 is 0 Å². The Morgan fingerprint density at radius 1 is 0.500 bits per heavy atom. The summed E-state index contributed by atoms with van der Waals surface area (Å²) in [7, 11) is 0. The zero-order chi connectivity index (χ0) is 23.5. The van der Waals surface area contributed by atoms with Crippen molar-refractivity contribution in [3.63, 3.8) is 0 Å². The van der Waals surface area contributed by atoms with E-state index in [2.05, 4.69) is 0 Å². The van der Waals surface area contributed by atoms with E-state index in [1.807, 2.05) is 27.7 Å². The highest BCUT2D eigenvalue weighted by molar-refractivity contribution is 5.86. The van der Waals surface area contributed by atoms with Crippen LogP contribution in [0.15, 0.2) is 0 Å². The molecule has 0 aliphatic rings. The molecule has 0 radical (unpaired) electrons. The van der Waals surface area contributed by atoms with Gasteiger partial charge in [-0.05, 0) is 88.8 Å². The van der Waals surface area contributed by atoms with Crippen LogP contribution in [-0.4, -0.2) is 22.4 Å². The second-order valence-electron chi connectivity index (χ2n) is 7.27. The summed E-state index contributed by atoms with van der Waals surface area (Å²) in [6.45, 7) is 14.2. The third-order valence-corrected chi connectivity index (χ3v) is 6.00. The zero-order valence-electron chi connectivity index (χ0n) is 18.5. The molecular weight excluding hydrogens is 388 g/mol. The molecule has 2 rings (SSSR count). The number of nitrogens with zero attached hydrogens (tertiary/aromatic N) is 2. The molecule has 0 aromatic heterocycles. The summed E-state index contributed by atoms with van der Waals surface area (Å²) >= 11 is 0. The van der Waals surface area contributed by atoms with Crippen LogP contribution in [0.2, 0.25) is 0 Å². The topological polar surface area (TPSA) is 120 Å². The highest BCUT2D eigenvalue weighted by Crippen LogP contribution is 2.32. The minimum atomic E-state index is -0.488. The van der Waals surface area contributed by atoms with Crippen molar-refractivity contribution in [1.82, 2.24) is 0 Å². The molecule has 160 valence electrons. The third-order valence-electron chi connectivity index (χ3n) is 6.00. The summed E-state index contributed by atoms with van der Waals surface area (Å²) in [4.78, 5) is 42.5. The van der Waals surface area contributed by atoms with Crippen molar-refractivity contribution in [1.29, 1.82) is 0 Å². The normalized spacial score (nSPS) is 10.1. The van der Waals surface area contributed by atoms with Crippen LogP contribution >= 0.6 is 0 Å². The van der Waals surface area contributed by atoms with Gasteiger partial charge in [-0.15, -0.1) is 0 Å². The van der Waals surface area contributed by atoms with E-state index in [9.17, 15) is 29.8 Å². The average Bonchev–Trinajstić information content (AvgIpc) is 2.69. The first-order valence-corrected chi connectivity index (χ1v) is 9.23. The summed E-state index contributed by atoms with van der Waals surface area (Å²) in [5, 5.41) is 21.7. The molecule has 0 bridgehead atoms. The van der Waals surface area contributed by atoms with E-state index in [4.69, 9.17) is 0 Å². The minimum absolute atomic E-state index is 0.0643. The molecule has 0 fully saturated rings. The number of benzene rings is 2. The number of nitro benzene ring substituents is 2. The molecule has 0 aliphatic carbocycles. The van der Waals surface area contributed by atoms with E-state index in [1.165, 1.54) is 0 Å². The Morgan fingerprint density at radius 2 is 0.733 bits per heavy atom. The quantitative estimate of drug-likeness (QED) is 0.381. The number of hydrogen-bond donors (Lipinski definition) is 0. The zero-order valence-corrected chi connectivity index (χ0v) is 18.5. The fourth-order valence-electron chi connectivity index (χ4n) is 3.40. The van der Waals surface area contributed by atoms with Crippen molar-refractivity contribution in [2.45, 2.75) is 55.4 Å². The van der Waals surface area contributed by atoms with Crippen LogP contribution in [0, 0.1) is 75.6 Å². The summed E-state index contributed by atoms with van der Waals surface area (Å²) in [5.41, 5.74) is 6.45. The van der Waals surface area contributed by atoms with E-state index in [0.717, 1.165) is 22.3 Å². The van der Waals surface area contributed by atoms with Gasteiger partial charge in [0.25, 0.3) is 11.4 Å². The second kappa shape index (κ2) is 9.39. The molecule has 2 aromatic rings. The summed E-state index contributed by atoms with van der Waals surface area (Å²) in [6.07, 6.45) is 1.12. The second-order valence-corrected chi connectivity index (χ2v) is 7.27. The van der Waals surface area contributed by atoms with Gasteiger partial charge in [0.1, 0.15) is 0 Å². The van der Waals surface area contributed by atoms with Gasteiger partial charge in [0.15, 0.2) is 12.6 Å². The van der Waals surface area contributed by atoms with Gasteiger partial charge in [0, 0.05) is 11.1 Å². The van der Waals surface area contributed by atoms with Crippen LogP contribution in [0.5, 0.6) is 0 Å². The molecule has 0 spiro atoms. The molecule has 0 saturated carbocycles. The predicted octanol–water partition coefficient (Wildman–Crippen LogP) is 5.28. The molecule has 30 heavy (non-hydrogen) atoms. The molecule has 0 saturated heterocycles. The Balaban J connectivity index is 0.000000300. The van der Waals surface area contributed by atoms with Gasteiger partial charge in [0.2, 0.25) is 0 Å². The van der Waals surface area contributed by atoms with Crippen LogP contribution < -0.4 is 0 Å². The molecule has 0 amide bonds. The smallest absolute Gasteiger partial charge is 0.283 e. The van der Waals surface area contributed by atoms with E-state index < -0.39 is 9.85 Å². The summed E-state index contributed by atoms with van der Waals surface area (Å²) < 4.78 is 0. The van der Waals surface area contributed by atoms with Crippen molar-refractivity contribution in [3.8, 4) is 0 Å². The summed E-state index contributed by atoms with van der Waals surface area (Å²) in [5.74, 6) is 0. The fraction of sp³-hybridized carbons (Fsp3) is 0.364. The van der Waals surface area contributed by atoms with Crippen LogP contribution in [0.1, 0.15) is 65.2 Å². The first kappa shape index (κ1) is 24.6. The van der Waals surface area contributed by atoms with E-state index in [0.29, 0.717) is 34.8 Å². The average molecular weight is 414 g/mol. The van der Waals surface area contributed by atoms with Crippen LogP contribution in [-0.2, 0) is 0 Å². The molecule has 0 atom stereocenters. The van der Waals surface area contributed by atoms with E-state index in [1.54, 1.807) is 27.7 Å². The van der Waals surface area contributed by atoms with Crippen molar-refractivity contribution in [2.24, 2.45) is 0 Å². The number of carbonyl (C=O) groups excluding carboxylic acids is 2. The maximum Gasteiger partial charge on any atom is 0.283 e. The minimum Gasteiger partial charge on any atom is -0.298 e. The lowest BCUT2D eigenvalue weighted by Crippen LogP contribution is -2.04. The number of carbonyl (C=O) groups is 2. The maximum atomic E-state index is 10.9. The molecule has 0 unspecified atom stereocenters. The van der Waals surface area contributed by atoms with Gasteiger partial charge in [-0.1, -0.05) is 0 Å². The lowest BCUT2D eigenvalue weighted by Gasteiger charge is -2.11. The highest BCUT2D eigenvalue weighted by atomic mass is 16.6. The van der Waals surface area contributed by atoms with Crippen molar-refractivity contribution < 1.29 is 19.4 Å². The highest BCUT2D eigenvalue weighted by Gasteiger charge is 2.24. The molecular formula is C22H26N2O6. The Hall–Kier alpha value is -3.42. The van der Waals surface area contributed by atoms with Crippen LogP contribution in [0.3, 0.4) is 0 Å². The molecule has 0 N–H and O–H groups in total. The van der Waals surface area contributed by atoms with Crippen LogP contribution in [0.4, 0.5) is 11.4 Å². The number of nitro groups is 2. The van der Waals surface area contributed by atoms with Gasteiger partial charge in [-0.3, -0.25) is 29.8 Å². The predicted molar refractivity (Wildman–Crippen MR) is 115 cm³/mol. The lowest BCUT2D eigenvalue weighted by atomic mass is 9.93. The Morgan fingerprint density at radius 3 is 0.933 bits per heavy atom. The van der Waals surface area contributed by atoms with E-state index in [-0.39, 0.29) is 22.5 Å². The first-order valence-electron chi connectivity index (χ1n) is 9.23. The van der Waals surface area contributed by atoms with Crippen molar-refractivity contribution in [2.75, 3.05) is 0 Å². The number of aldehydes is 2. The Kier molecular flexibility index (Phi) is 7.70. The number of rotatable bonds is 4. The Labute approximate surface area is 175 Å². The fourth-order valence-corrected chi connectivity index (χ4v) is 3.40. The van der Waals surface area contributed by atoms with Gasteiger partial charge in [-0.25, -0.2) is 0 Å². The molecule has 8 heteroatoms. The van der Waals surface area contributed by atoms with Gasteiger partial charge < -0.3 is 0 Å². The van der Waals surface area contributed by atoms with Gasteiger partial charge in [0.05, 0.1) is 21.0 Å². The van der Waals surface area contributed by atoms with Gasteiger partial charge >= 0.3 is 0 Å². The monoisotopic (exact) mass is 414 g/mol. The Bertz CT molecular complexity index is 985. The molecule has 2 aromatic carbocycles. The molecule has 0 aliphatic heterocycles. The molecule has 8 nitrogen and oxygen atoms in total. The van der Waals surface area contributed by atoms with Crippen LogP contribution in [0.25, 0.3) is 0 Å².